The molecule has 2 heterocycles. The van der Waals surface area contributed by atoms with Gasteiger partial charge in [-0.05, 0) is 24.3 Å². The maximum absolute atomic E-state index is 10.8. The van der Waals surface area contributed by atoms with Gasteiger partial charge < -0.3 is 5.11 Å². The van der Waals surface area contributed by atoms with Gasteiger partial charge in [0.25, 0.3) is 0 Å². The summed E-state index contributed by atoms with van der Waals surface area (Å²) in [6, 6.07) is 13.3. The van der Waals surface area contributed by atoms with Crippen molar-refractivity contribution in [3.05, 3.63) is 54.9 Å². The van der Waals surface area contributed by atoms with Crippen molar-refractivity contribution in [3.8, 4) is 17.1 Å². The van der Waals surface area contributed by atoms with Crippen molar-refractivity contribution in [2.75, 3.05) is 5.75 Å². The second-order valence-electron chi connectivity index (χ2n) is 4.40. The Balaban J connectivity index is 2.09. The maximum atomic E-state index is 10.8. The number of aromatic nitrogens is 4. The lowest BCUT2D eigenvalue weighted by molar-refractivity contribution is -0.133. The zero-order valence-corrected chi connectivity index (χ0v) is 12.3. The van der Waals surface area contributed by atoms with E-state index in [-0.39, 0.29) is 5.75 Å². The van der Waals surface area contributed by atoms with Gasteiger partial charge in [-0.3, -0.25) is 14.3 Å². The molecule has 0 aliphatic carbocycles. The molecule has 110 valence electrons. The normalized spacial score (nSPS) is 10.5. The van der Waals surface area contributed by atoms with Crippen LogP contribution >= 0.6 is 11.8 Å². The van der Waals surface area contributed by atoms with E-state index in [2.05, 4.69) is 15.2 Å². The Labute approximate surface area is 130 Å². The summed E-state index contributed by atoms with van der Waals surface area (Å²) >= 11 is 1.14. The Bertz CT molecular complexity index is 775. The predicted octanol–water partition coefficient (Wildman–Crippen LogP) is 2.51. The van der Waals surface area contributed by atoms with Crippen LogP contribution in [-0.4, -0.2) is 36.6 Å². The summed E-state index contributed by atoms with van der Waals surface area (Å²) in [6.45, 7) is 0. The number of rotatable bonds is 5. The van der Waals surface area contributed by atoms with Crippen molar-refractivity contribution in [2.24, 2.45) is 0 Å². The second-order valence-corrected chi connectivity index (χ2v) is 5.34. The molecule has 3 aromatic rings. The fraction of sp³-hybridized carbons (Fsp3) is 0.0667. The average molecular weight is 312 g/mol. The van der Waals surface area contributed by atoms with Gasteiger partial charge >= 0.3 is 5.97 Å². The van der Waals surface area contributed by atoms with Crippen LogP contribution in [0.3, 0.4) is 0 Å². The van der Waals surface area contributed by atoms with E-state index in [9.17, 15) is 4.79 Å². The van der Waals surface area contributed by atoms with Gasteiger partial charge in [-0.25, -0.2) is 0 Å². The van der Waals surface area contributed by atoms with E-state index in [1.165, 1.54) is 0 Å². The van der Waals surface area contributed by atoms with Crippen molar-refractivity contribution < 1.29 is 9.90 Å². The van der Waals surface area contributed by atoms with E-state index in [0.717, 1.165) is 23.0 Å². The molecule has 1 aromatic carbocycles. The van der Waals surface area contributed by atoms with Gasteiger partial charge in [0.05, 0.1) is 5.75 Å². The molecule has 0 aliphatic rings. The lowest BCUT2D eigenvalue weighted by Gasteiger charge is -2.09. The predicted molar refractivity (Wildman–Crippen MR) is 82.9 cm³/mol. The maximum Gasteiger partial charge on any atom is 0.313 e. The van der Waals surface area contributed by atoms with E-state index in [4.69, 9.17) is 5.11 Å². The first-order valence-electron chi connectivity index (χ1n) is 6.51. The molecule has 0 bridgehead atoms. The molecule has 0 atom stereocenters. The number of nitrogens with zero attached hydrogens (tertiary/aromatic N) is 4. The zero-order chi connectivity index (χ0) is 15.4. The number of para-hydroxylation sites is 1. The Hall–Kier alpha value is -2.67. The molecular formula is C15H12N4O2S. The van der Waals surface area contributed by atoms with E-state index in [1.54, 1.807) is 12.4 Å². The van der Waals surface area contributed by atoms with Crippen molar-refractivity contribution in [2.45, 2.75) is 5.16 Å². The molecule has 0 saturated heterocycles. The molecule has 2 aromatic heterocycles. The molecule has 7 heteroatoms. The SMILES string of the molecule is O=C(O)CSc1nnc(-c2ccncc2)n1-c1ccccc1. The highest BCUT2D eigenvalue weighted by Crippen LogP contribution is 2.27. The first-order chi connectivity index (χ1) is 10.8. The first kappa shape index (κ1) is 14.3. The molecule has 0 spiro atoms. The number of carboxylic acids is 1. The third kappa shape index (κ3) is 2.99. The van der Waals surface area contributed by atoms with Crippen LogP contribution in [0, 0.1) is 0 Å². The highest BCUT2D eigenvalue weighted by atomic mass is 32.2. The Morgan fingerprint density at radius 2 is 1.82 bits per heavy atom. The number of benzene rings is 1. The number of carboxylic acid groups (broad SMARTS) is 1. The lowest BCUT2D eigenvalue weighted by Crippen LogP contribution is -2.03. The van der Waals surface area contributed by atoms with Crippen LogP contribution in [-0.2, 0) is 4.79 Å². The van der Waals surface area contributed by atoms with Crippen LogP contribution in [0.5, 0.6) is 0 Å². The quantitative estimate of drug-likeness (QED) is 0.729. The van der Waals surface area contributed by atoms with Crippen LogP contribution in [0.4, 0.5) is 0 Å². The smallest absolute Gasteiger partial charge is 0.313 e. The van der Waals surface area contributed by atoms with Crippen LogP contribution in [0.1, 0.15) is 0 Å². The molecule has 0 unspecified atom stereocenters. The Morgan fingerprint density at radius 1 is 1.09 bits per heavy atom. The van der Waals surface area contributed by atoms with E-state index in [1.807, 2.05) is 47.0 Å². The van der Waals surface area contributed by atoms with Crippen LogP contribution in [0.2, 0.25) is 0 Å². The van der Waals surface area contributed by atoms with Crippen molar-refractivity contribution in [3.63, 3.8) is 0 Å². The molecular weight excluding hydrogens is 300 g/mol. The van der Waals surface area contributed by atoms with Crippen LogP contribution in [0.15, 0.2) is 60.0 Å². The molecule has 3 rings (SSSR count). The van der Waals surface area contributed by atoms with Gasteiger partial charge in [-0.15, -0.1) is 10.2 Å². The topological polar surface area (TPSA) is 80.9 Å². The summed E-state index contributed by atoms with van der Waals surface area (Å²) in [4.78, 5) is 14.8. The summed E-state index contributed by atoms with van der Waals surface area (Å²) in [7, 11) is 0. The monoisotopic (exact) mass is 312 g/mol. The number of aliphatic carboxylic acids is 1. The number of hydrogen-bond donors (Lipinski definition) is 1. The molecule has 1 N–H and O–H groups in total. The molecule has 0 amide bonds. The lowest BCUT2D eigenvalue weighted by atomic mass is 10.2. The molecule has 0 saturated carbocycles. The van der Waals surface area contributed by atoms with Crippen molar-refractivity contribution >= 4 is 17.7 Å². The minimum absolute atomic E-state index is 0.0681. The third-order valence-electron chi connectivity index (χ3n) is 2.91. The van der Waals surface area contributed by atoms with Gasteiger partial charge in [0, 0.05) is 23.6 Å². The first-order valence-corrected chi connectivity index (χ1v) is 7.50. The molecule has 0 aliphatic heterocycles. The van der Waals surface area contributed by atoms with Gasteiger partial charge in [0.2, 0.25) is 0 Å². The van der Waals surface area contributed by atoms with Gasteiger partial charge in [0.15, 0.2) is 11.0 Å². The minimum Gasteiger partial charge on any atom is -0.481 e. The summed E-state index contributed by atoms with van der Waals surface area (Å²) in [5, 5.41) is 17.8. The zero-order valence-electron chi connectivity index (χ0n) is 11.5. The Kier molecular flexibility index (Phi) is 4.15. The summed E-state index contributed by atoms with van der Waals surface area (Å²) in [6.07, 6.45) is 3.37. The number of pyridine rings is 1. The molecule has 22 heavy (non-hydrogen) atoms. The summed E-state index contributed by atoms with van der Waals surface area (Å²) < 4.78 is 1.85. The molecule has 0 fully saturated rings. The van der Waals surface area contributed by atoms with E-state index >= 15 is 0 Å². The van der Waals surface area contributed by atoms with E-state index < -0.39 is 5.97 Å². The number of thioether (sulfide) groups is 1. The van der Waals surface area contributed by atoms with Gasteiger partial charge in [-0.2, -0.15) is 0 Å². The van der Waals surface area contributed by atoms with Crippen molar-refractivity contribution in [1.82, 2.24) is 19.7 Å². The van der Waals surface area contributed by atoms with Crippen LogP contribution < -0.4 is 0 Å². The fourth-order valence-electron chi connectivity index (χ4n) is 1.99. The van der Waals surface area contributed by atoms with Gasteiger partial charge in [0.1, 0.15) is 0 Å². The van der Waals surface area contributed by atoms with E-state index in [0.29, 0.717) is 11.0 Å². The highest BCUT2D eigenvalue weighted by Gasteiger charge is 2.16. The number of hydrogen-bond acceptors (Lipinski definition) is 5. The van der Waals surface area contributed by atoms with Crippen molar-refractivity contribution in [1.29, 1.82) is 0 Å². The third-order valence-corrected chi connectivity index (χ3v) is 3.82. The minimum atomic E-state index is -0.891. The molecule has 6 nitrogen and oxygen atoms in total. The fourth-order valence-corrected chi connectivity index (χ4v) is 2.66. The molecule has 0 radical (unpaired) electrons. The summed E-state index contributed by atoms with van der Waals surface area (Å²) in [5.74, 6) is -0.305. The average Bonchev–Trinajstić information content (AvgIpc) is 2.98. The van der Waals surface area contributed by atoms with Crippen LogP contribution in [0.25, 0.3) is 17.1 Å². The second kappa shape index (κ2) is 6.40. The van der Waals surface area contributed by atoms with Gasteiger partial charge in [-0.1, -0.05) is 30.0 Å². The number of carbonyl (C=O) groups is 1. The standard InChI is InChI=1S/C15H12N4O2S/c20-13(21)10-22-15-18-17-14(11-6-8-16-9-7-11)19(15)12-4-2-1-3-5-12/h1-9H,10H2,(H,20,21). The largest absolute Gasteiger partial charge is 0.481 e. The Morgan fingerprint density at radius 3 is 2.50 bits per heavy atom. The summed E-state index contributed by atoms with van der Waals surface area (Å²) in [5.41, 5.74) is 1.75. The highest BCUT2D eigenvalue weighted by molar-refractivity contribution is 7.99.